The lowest BCUT2D eigenvalue weighted by molar-refractivity contribution is 0.280. The van der Waals surface area contributed by atoms with Crippen molar-refractivity contribution in [3.05, 3.63) is 82.9 Å². The minimum atomic E-state index is 0. The Balaban J connectivity index is 0.00000256. The summed E-state index contributed by atoms with van der Waals surface area (Å²) >= 11 is 0. The van der Waals surface area contributed by atoms with Gasteiger partial charge in [-0.3, -0.25) is 0 Å². The van der Waals surface area contributed by atoms with Crippen molar-refractivity contribution in [3.63, 3.8) is 0 Å². The largest absolute Gasteiger partial charge is 0.496 e. The van der Waals surface area contributed by atoms with Gasteiger partial charge >= 0.3 is 0 Å². The first-order chi connectivity index (χ1) is 14.2. The second kappa shape index (κ2) is 9.98. The third kappa shape index (κ3) is 4.46. The molecule has 2 N–H and O–H groups in total. The Bertz CT molecular complexity index is 971. The average Bonchev–Trinajstić information content (AvgIpc) is 2.78. The van der Waals surface area contributed by atoms with Crippen molar-refractivity contribution in [2.75, 3.05) is 20.8 Å². The first kappa shape index (κ1) is 22.2. The van der Waals surface area contributed by atoms with Gasteiger partial charge in [0.15, 0.2) is 0 Å². The Hall–Kier alpha value is -2.53. The molecule has 1 heterocycles. The molecule has 0 saturated carbocycles. The molecule has 3 aromatic carbocycles. The molecule has 0 aliphatic carbocycles. The predicted molar refractivity (Wildman–Crippen MR) is 123 cm³/mol. The second-order valence-corrected chi connectivity index (χ2v) is 7.39. The number of ether oxygens (including phenoxy) is 2. The van der Waals surface area contributed by atoms with Crippen LogP contribution in [-0.4, -0.2) is 25.9 Å². The van der Waals surface area contributed by atoms with Gasteiger partial charge in [-0.15, -0.1) is 12.4 Å². The normalized spacial score (nSPS) is 15.1. The number of halogens is 1. The van der Waals surface area contributed by atoms with Gasteiger partial charge in [0.1, 0.15) is 11.5 Å². The van der Waals surface area contributed by atoms with Crippen LogP contribution in [-0.2, 0) is 19.4 Å². The molecule has 4 nitrogen and oxygen atoms in total. The molecular weight excluding hydrogens is 398 g/mol. The molecule has 0 fully saturated rings. The van der Waals surface area contributed by atoms with E-state index in [1.807, 2.05) is 24.3 Å². The highest BCUT2D eigenvalue weighted by atomic mass is 35.5. The van der Waals surface area contributed by atoms with E-state index in [-0.39, 0.29) is 25.1 Å². The maximum Gasteiger partial charge on any atom is 0.126 e. The number of aliphatic hydroxyl groups is 1. The number of rotatable bonds is 6. The number of para-hydroxylation sites is 1. The maximum absolute atomic E-state index is 9.54. The summed E-state index contributed by atoms with van der Waals surface area (Å²) in [6.45, 7) is 0.959. The Morgan fingerprint density at radius 1 is 0.933 bits per heavy atom. The molecule has 30 heavy (non-hydrogen) atoms. The molecule has 1 aliphatic heterocycles. The SMILES string of the molecule is COc1ccccc1-c1ccc(CC2NCCc3cc(CO)cc(OC)c32)cc1.Cl. The highest BCUT2D eigenvalue weighted by molar-refractivity contribution is 5.85. The second-order valence-electron chi connectivity index (χ2n) is 7.39. The highest BCUT2D eigenvalue weighted by Gasteiger charge is 2.24. The van der Waals surface area contributed by atoms with Crippen LogP contribution in [0, 0.1) is 0 Å². The van der Waals surface area contributed by atoms with E-state index in [4.69, 9.17) is 9.47 Å². The Morgan fingerprint density at radius 3 is 2.37 bits per heavy atom. The quantitative estimate of drug-likeness (QED) is 0.600. The lowest BCUT2D eigenvalue weighted by atomic mass is 9.88. The van der Waals surface area contributed by atoms with Crippen LogP contribution in [0.5, 0.6) is 11.5 Å². The van der Waals surface area contributed by atoms with Crippen molar-refractivity contribution < 1.29 is 14.6 Å². The van der Waals surface area contributed by atoms with E-state index in [1.54, 1.807) is 14.2 Å². The standard InChI is InChI=1S/C25H27NO3.ClH/c1-28-23-6-4-3-5-21(23)19-9-7-17(8-10-19)14-22-25-20(11-12-26-22)13-18(16-27)15-24(25)29-2;/h3-10,13,15,22,26-27H,11-12,14,16H2,1-2H3;1H. The van der Waals surface area contributed by atoms with E-state index in [0.717, 1.165) is 47.6 Å². The van der Waals surface area contributed by atoms with Crippen molar-refractivity contribution in [2.24, 2.45) is 0 Å². The Morgan fingerprint density at radius 2 is 1.67 bits per heavy atom. The van der Waals surface area contributed by atoms with E-state index in [0.29, 0.717) is 0 Å². The molecule has 0 saturated heterocycles. The van der Waals surface area contributed by atoms with Gasteiger partial charge < -0.3 is 19.9 Å². The van der Waals surface area contributed by atoms with E-state index < -0.39 is 0 Å². The number of fused-ring (bicyclic) bond motifs is 1. The third-order valence-corrected chi connectivity index (χ3v) is 5.64. The van der Waals surface area contributed by atoms with Crippen molar-refractivity contribution in [1.29, 1.82) is 0 Å². The summed E-state index contributed by atoms with van der Waals surface area (Å²) in [4.78, 5) is 0. The summed E-state index contributed by atoms with van der Waals surface area (Å²) in [5.74, 6) is 1.74. The average molecular weight is 426 g/mol. The molecule has 0 spiro atoms. The van der Waals surface area contributed by atoms with Gasteiger partial charge in [0.05, 0.1) is 20.8 Å². The first-order valence-corrected chi connectivity index (χ1v) is 9.99. The highest BCUT2D eigenvalue weighted by Crippen LogP contribution is 2.36. The molecule has 0 aromatic heterocycles. The number of hydrogen-bond acceptors (Lipinski definition) is 4. The zero-order valence-electron chi connectivity index (χ0n) is 17.4. The van der Waals surface area contributed by atoms with Crippen LogP contribution in [0.2, 0.25) is 0 Å². The van der Waals surface area contributed by atoms with Gasteiger partial charge in [-0.1, -0.05) is 48.5 Å². The van der Waals surface area contributed by atoms with Crippen molar-refractivity contribution in [2.45, 2.75) is 25.5 Å². The molecule has 1 atom stereocenters. The maximum atomic E-state index is 9.54. The molecule has 158 valence electrons. The van der Waals surface area contributed by atoms with E-state index in [9.17, 15) is 5.11 Å². The summed E-state index contributed by atoms with van der Waals surface area (Å²) in [6.07, 6.45) is 1.83. The minimum absolute atomic E-state index is 0. The summed E-state index contributed by atoms with van der Waals surface area (Å²) < 4.78 is 11.2. The van der Waals surface area contributed by atoms with E-state index in [2.05, 4.69) is 41.7 Å². The smallest absolute Gasteiger partial charge is 0.126 e. The van der Waals surface area contributed by atoms with Crippen molar-refractivity contribution >= 4 is 12.4 Å². The molecule has 1 aliphatic rings. The monoisotopic (exact) mass is 425 g/mol. The molecule has 0 radical (unpaired) electrons. The molecule has 1 unspecified atom stereocenters. The Labute approximate surface area is 184 Å². The van der Waals surface area contributed by atoms with Crippen LogP contribution in [0.15, 0.2) is 60.7 Å². The van der Waals surface area contributed by atoms with Crippen LogP contribution in [0.25, 0.3) is 11.1 Å². The first-order valence-electron chi connectivity index (χ1n) is 9.99. The summed E-state index contributed by atoms with van der Waals surface area (Å²) in [6, 6.07) is 21.0. The molecule has 5 heteroatoms. The number of aliphatic hydroxyl groups excluding tert-OH is 1. The van der Waals surface area contributed by atoms with Crippen LogP contribution < -0.4 is 14.8 Å². The molecule has 4 rings (SSSR count). The fourth-order valence-corrected chi connectivity index (χ4v) is 4.21. The van der Waals surface area contributed by atoms with Crippen LogP contribution in [0.3, 0.4) is 0 Å². The lowest BCUT2D eigenvalue weighted by Crippen LogP contribution is -2.31. The van der Waals surface area contributed by atoms with Crippen molar-refractivity contribution in [3.8, 4) is 22.6 Å². The zero-order chi connectivity index (χ0) is 20.2. The molecule has 3 aromatic rings. The van der Waals surface area contributed by atoms with E-state index >= 15 is 0 Å². The third-order valence-electron chi connectivity index (χ3n) is 5.64. The number of nitrogens with one attached hydrogen (secondary N) is 1. The zero-order valence-corrected chi connectivity index (χ0v) is 18.2. The topological polar surface area (TPSA) is 50.7 Å². The van der Waals surface area contributed by atoms with Gasteiger partial charge in [0.25, 0.3) is 0 Å². The van der Waals surface area contributed by atoms with Gasteiger partial charge in [-0.25, -0.2) is 0 Å². The Kier molecular flexibility index (Phi) is 7.38. The molecule has 0 bridgehead atoms. The molecular formula is C25H28ClNO3. The van der Waals surface area contributed by atoms with Gasteiger partial charge in [0, 0.05) is 17.2 Å². The van der Waals surface area contributed by atoms with Crippen molar-refractivity contribution in [1.82, 2.24) is 5.32 Å². The number of methoxy groups -OCH3 is 2. The van der Waals surface area contributed by atoms with Crippen LogP contribution >= 0.6 is 12.4 Å². The summed E-state index contributed by atoms with van der Waals surface area (Å²) in [5.41, 5.74) is 6.89. The van der Waals surface area contributed by atoms with Gasteiger partial charge in [-0.05, 0) is 53.8 Å². The predicted octanol–water partition coefficient (Wildman–Crippen LogP) is 4.71. The fraction of sp³-hybridized carbons (Fsp3) is 0.280. The number of hydrogen-bond donors (Lipinski definition) is 2. The van der Waals surface area contributed by atoms with Crippen LogP contribution in [0.4, 0.5) is 0 Å². The fourth-order valence-electron chi connectivity index (χ4n) is 4.21. The van der Waals surface area contributed by atoms with Gasteiger partial charge in [0.2, 0.25) is 0 Å². The number of benzene rings is 3. The summed E-state index contributed by atoms with van der Waals surface area (Å²) in [7, 11) is 3.40. The minimum Gasteiger partial charge on any atom is -0.496 e. The lowest BCUT2D eigenvalue weighted by Gasteiger charge is -2.29. The van der Waals surface area contributed by atoms with E-state index in [1.165, 1.54) is 16.7 Å². The van der Waals surface area contributed by atoms with Gasteiger partial charge in [-0.2, -0.15) is 0 Å². The molecule has 0 amide bonds. The summed E-state index contributed by atoms with van der Waals surface area (Å²) in [5, 5.41) is 13.2. The van der Waals surface area contributed by atoms with Crippen LogP contribution in [0.1, 0.15) is 28.3 Å².